The summed E-state index contributed by atoms with van der Waals surface area (Å²) in [5.74, 6) is 0.744. The van der Waals surface area contributed by atoms with E-state index in [9.17, 15) is 4.79 Å². The van der Waals surface area contributed by atoms with Gasteiger partial charge in [0.2, 0.25) is 0 Å². The Morgan fingerprint density at radius 1 is 1.54 bits per heavy atom. The highest BCUT2D eigenvalue weighted by molar-refractivity contribution is 5.77. The average Bonchev–Trinajstić information content (AvgIpc) is 2.77. The number of hydrogen-bond donors (Lipinski definition) is 1. The molecule has 0 unspecified atom stereocenters. The van der Waals surface area contributed by atoms with Crippen LogP contribution in [0.2, 0.25) is 0 Å². The molecule has 0 radical (unpaired) electrons. The number of esters is 1. The van der Waals surface area contributed by atoms with Crippen LogP contribution in [0, 0.1) is 11.8 Å². The highest BCUT2D eigenvalue weighted by atomic mass is 16.5. The topological polar surface area (TPSA) is 38.3 Å². The smallest absolute Gasteiger partial charge is 0.310 e. The first-order valence-electron chi connectivity index (χ1n) is 5.24. The second kappa shape index (κ2) is 3.66. The minimum atomic E-state index is 0.00639. The first-order chi connectivity index (χ1) is 6.34. The lowest BCUT2D eigenvalue weighted by Crippen LogP contribution is -2.22. The number of carbonyl (C=O) groups is 1. The average molecular weight is 183 g/mol. The van der Waals surface area contributed by atoms with Crippen LogP contribution >= 0.6 is 0 Å². The molecular weight excluding hydrogens is 166 g/mol. The third-order valence-electron chi connectivity index (χ3n) is 3.07. The van der Waals surface area contributed by atoms with Gasteiger partial charge in [-0.1, -0.05) is 6.42 Å². The second-order valence-electron chi connectivity index (χ2n) is 3.92. The summed E-state index contributed by atoms with van der Waals surface area (Å²) in [6.07, 6.45) is 3.70. The fourth-order valence-corrected chi connectivity index (χ4v) is 2.34. The van der Waals surface area contributed by atoms with Crippen molar-refractivity contribution in [2.45, 2.75) is 32.2 Å². The van der Waals surface area contributed by atoms with E-state index in [0.717, 1.165) is 6.54 Å². The zero-order valence-corrected chi connectivity index (χ0v) is 8.08. The Balaban J connectivity index is 1.87. The van der Waals surface area contributed by atoms with Gasteiger partial charge in [-0.2, -0.15) is 0 Å². The van der Waals surface area contributed by atoms with E-state index in [1.807, 2.05) is 6.92 Å². The molecule has 3 nitrogen and oxygen atoms in total. The Hall–Kier alpha value is -0.570. The maximum absolute atomic E-state index is 11.4. The molecule has 0 bridgehead atoms. The highest BCUT2D eigenvalue weighted by Crippen LogP contribution is 2.44. The van der Waals surface area contributed by atoms with Crippen LogP contribution in [-0.4, -0.2) is 25.2 Å². The maximum Gasteiger partial charge on any atom is 0.310 e. The Labute approximate surface area is 78.8 Å². The van der Waals surface area contributed by atoms with Gasteiger partial charge >= 0.3 is 5.97 Å². The molecule has 1 N–H and O–H groups in total. The summed E-state index contributed by atoms with van der Waals surface area (Å²) in [4.78, 5) is 11.4. The number of nitrogens with one attached hydrogen (secondary N) is 1. The zero-order chi connectivity index (χ0) is 9.26. The summed E-state index contributed by atoms with van der Waals surface area (Å²) < 4.78 is 5.02. The van der Waals surface area contributed by atoms with E-state index >= 15 is 0 Å². The van der Waals surface area contributed by atoms with Crippen LogP contribution in [0.4, 0.5) is 0 Å². The molecule has 0 spiro atoms. The van der Waals surface area contributed by atoms with Crippen LogP contribution in [0.3, 0.4) is 0 Å². The van der Waals surface area contributed by atoms with E-state index < -0.39 is 0 Å². The molecule has 0 aromatic heterocycles. The van der Waals surface area contributed by atoms with Crippen LogP contribution < -0.4 is 5.32 Å². The minimum Gasteiger partial charge on any atom is -0.466 e. The Bertz CT molecular complexity index is 193. The van der Waals surface area contributed by atoms with E-state index in [1.54, 1.807) is 0 Å². The Morgan fingerprint density at radius 2 is 2.38 bits per heavy atom. The van der Waals surface area contributed by atoms with Crippen LogP contribution in [-0.2, 0) is 9.53 Å². The van der Waals surface area contributed by atoms with E-state index in [0.29, 0.717) is 18.6 Å². The molecule has 3 heteroatoms. The van der Waals surface area contributed by atoms with Crippen LogP contribution in [0.15, 0.2) is 0 Å². The van der Waals surface area contributed by atoms with Gasteiger partial charge in [0.05, 0.1) is 12.5 Å². The Kier molecular flexibility index (Phi) is 2.54. The summed E-state index contributed by atoms with van der Waals surface area (Å²) in [5.41, 5.74) is 0. The summed E-state index contributed by atoms with van der Waals surface area (Å²) in [5, 5.41) is 3.41. The van der Waals surface area contributed by atoms with E-state index in [2.05, 4.69) is 5.32 Å². The van der Waals surface area contributed by atoms with Crippen molar-refractivity contribution in [2.24, 2.45) is 11.8 Å². The number of ether oxygens (including phenoxy) is 1. The van der Waals surface area contributed by atoms with Crippen LogP contribution in [0.1, 0.15) is 26.2 Å². The number of carbonyl (C=O) groups excluding carboxylic acids is 1. The number of hydrogen-bond acceptors (Lipinski definition) is 3. The third-order valence-corrected chi connectivity index (χ3v) is 3.07. The lowest BCUT2D eigenvalue weighted by Gasteiger charge is -2.03. The molecule has 1 aliphatic carbocycles. The van der Waals surface area contributed by atoms with Crippen molar-refractivity contribution >= 4 is 5.97 Å². The van der Waals surface area contributed by atoms with Crippen molar-refractivity contribution in [1.82, 2.24) is 5.32 Å². The van der Waals surface area contributed by atoms with Crippen LogP contribution in [0.5, 0.6) is 0 Å². The number of rotatable bonds is 2. The van der Waals surface area contributed by atoms with Crippen LogP contribution in [0.25, 0.3) is 0 Å². The summed E-state index contributed by atoms with van der Waals surface area (Å²) >= 11 is 0. The molecule has 1 aliphatic heterocycles. The molecule has 0 amide bonds. The lowest BCUT2D eigenvalue weighted by molar-refractivity contribution is -0.145. The molecule has 2 fully saturated rings. The summed E-state index contributed by atoms with van der Waals surface area (Å²) in [6.45, 7) is 3.44. The van der Waals surface area contributed by atoms with Crippen molar-refractivity contribution < 1.29 is 9.53 Å². The first kappa shape index (κ1) is 9.00. The normalized spacial score (nSPS) is 37.5. The molecule has 13 heavy (non-hydrogen) atoms. The van der Waals surface area contributed by atoms with E-state index in [-0.39, 0.29) is 11.9 Å². The van der Waals surface area contributed by atoms with Crippen molar-refractivity contribution in [3.63, 3.8) is 0 Å². The minimum absolute atomic E-state index is 0.00639. The monoisotopic (exact) mass is 183 g/mol. The van der Waals surface area contributed by atoms with Gasteiger partial charge in [0.15, 0.2) is 0 Å². The summed E-state index contributed by atoms with van der Waals surface area (Å²) in [7, 11) is 0. The SMILES string of the molecule is CCOC(=O)[C@@H]1[C@H]2CCCCN[C@H]21. The predicted molar refractivity (Wildman–Crippen MR) is 49.3 cm³/mol. The second-order valence-corrected chi connectivity index (χ2v) is 3.92. The molecule has 0 aromatic carbocycles. The van der Waals surface area contributed by atoms with Gasteiger partial charge in [-0.25, -0.2) is 0 Å². The molecular formula is C10H17NO2. The van der Waals surface area contributed by atoms with E-state index in [1.165, 1.54) is 19.3 Å². The molecule has 2 aliphatic rings. The standard InChI is InChI=1S/C10H17NO2/c1-2-13-10(12)8-7-5-3-4-6-11-9(7)8/h7-9,11H,2-6H2,1H3/t7-,8-,9-/m1/s1. The molecule has 2 rings (SSSR count). The molecule has 3 atom stereocenters. The third kappa shape index (κ3) is 1.70. The van der Waals surface area contributed by atoms with Gasteiger partial charge < -0.3 is 10.1 Å². The van der Waals surface area contributed by atoms with E-state index in [4.69, 9.17) is 4.74 Å². The van der Waals surface area contributed by atoms with Crippen molar-refractivity contribution in [2.75, 3.05) is 13.2 Å². The zero-order valence-electron chi connectivity index (χ0n) is 8.08. The van der Waals surface area contributed by atoms with Gasteiger partial charge in [0.1, 0.15) is 0 Å². The number of fused-ring (bicyclic) bond motifs is 1. The van der Waals surface area contributed by atoms with Gasteiger partial charge in [0.25, 0.3) is 0 Å². The Morgan fingerprint density at radius 3 is 3.15 bits per heavy atom. The quantitative estimate of drug-likeness (QED) is 0.647. The van der Waals surface area contributed by atoms with Crippen molar-refractivity contribution in [3.05, 3.63) is 0 Å². The molecule has 0 aromatic rings. The van der Waals surface area contributed by atoms with Gasteiger partial charge in [0, 0.05) is 6.04 Å². The molecule has 1 saturated carbocycles. The fraction of sp³-hybridized carbons (Fsp3) is 0.900. The predicted octanol–water partition coefficient (Wildman–Crippen LogP) is 0.938. The maximum atomic E-state index is 11.4. The molecule has 74 valence electrons. The first-order valence-corrected chi connectivity index (χ1v) is 5.24. The molecule has 1 heterocycles. The van der Waals surface area contributed by atoms with Gasteiger partial charge in [-0.3, -0.25) is 4.79 Å². The van der Waals surface area contributed by atoms with Crippen molar-refractivity contribution in [1.29, 1.82) is 0 Å². The largest absolute Gasteiger partial charge is 0.466 e. The van der Waals surface area contributed by atoms with Gasteiger partial charge in [-0.05, 0) is 32.2 Å². The molecule has 1 saturated heterocycles. The van der Waals surface area contributed by atoms with Gasteiger partial charge in [-0.15, -0.1) is 0 Å². The lowest BCUT2D eigenvalue weighted by atomic mass is 10.1. The fourth-order valence-electron chi connectivity index (χ4n) is 2.34. The summed E-state index contributed by atoms with van der Waals surface area (Å²) in [6, 6.07) is 0.432. The van der Waals surface area contributed by atoms with Crippen molar-refractivity contribution in [3.8, 4) is 0 Å². The highest BCUT2D eigenvalue weighted by Gasteiger charge is 2.55.